The molecule has 2 aromatic rings. The Hall–Kier alpha value is -4.22. The standard InChI is InChI=1S/C31H29F5N4O3/c1-38-12-18-8-17(10-26(27(18)37)43-19-5-6-19)30(41)39-13-21(15-2-3-15)25-11-20-22(31(34,35)36)14-42-29(20)28(40-25)16-4-7-23(32)24(33)9-16/h4,7-12,15,19,21-22,37-38H,2-3,5-6,13-14H2,1H3,(H,39,41)/b18-12-,37-27?/t21-,22?/m0/s1. The topological polar surface area (TPSA) is 96.3 Å². The van der Waals surface area contributed by atoms with E-state index in [-0.39, 0.29) is 52.4 Å². The van der Waals surface area contributed by atoms with Crippen molar-refractivity contribution in [2.75, 3.05) is 20.2 Å². The molecule has 43 heavy (non-hydrogen) atoms. The molecule has 1 amide bonds. The van der Waals surface area contributed by atoms with Crippen LogP contribution >= 0.6 is 0 Å². The Morgan fingerprint density at radius 1 is 1.16 bits per heavy atom. The predicted octanol–water partition coefficient (Wildman–Crippen LogP) is 5.80. The second-order valence-electron chi connectivity index (χ2n) is 11.2. The average Bonchev–Trinajstić information content (AvgIpc) is 3.90. The molecule has 0 saturated heterocycles. The second kappa shape index (κ2) is 11.1. The van der Waals surface area contributed by atoms with Gasteiger partial charge >= 0.3 is 6.18 Å². The Kier molecular flexibility index (Phi) is 7.47. The van der Waals surface area contributed by atoms with E-state index >= 15 is 0 Å². The molecule has 3 aliphatic carbocycles. The quantitative estimate of drug-likeness (QED) is 0.316. The smallest absolute Gasteiger partial charge is 0.399 e. The van der Waals surface area contributed by atoms with Crippen molar-refractivity contribution in [1.29, 1.82) is 5.41 Å². The number of halogens is 5. The molecule has 4 aliphatic rings. The van der Waals surface area contributed by atoms with Gasteiger partial charge in [-0.1, -0.05) is 0 Å². The summed E-state index contributed by atoms with van der Waals surface area (Å²) in [5.74, 6) is -4.78. The summed E-state index contributed by atoms with van der Waals surface area (Å²) in [4.78, 5) is 18.0. The number of alkyl halides is 3. The third-order valence-corrected chi connectivity index (χ3v) is 7.95. The van der Waals surface area contributed by atoms with Crippen molar-refractivity contribution in [3.05, 3.63) is 82.4 Å². The summed E-state index contributed by atoms with van der Waals surface area (Å²) in [5.41, 5.74) is 1.18. The Balaban J connectivity index is 1.31. The maximum Gasteiger partial charge on any atom is 0.399 e. The largest absolute Gasteiger partial charge is 0.490 e. The Labute approximate surface area is 244 Å². The van der Waals surface area contributed by atoms with Crippen molar-refractivity contribution >= 4 is 11.6 Å². The number of amides is 1. The lowest BCUT2D eigenvalue weighted by Gasteiger charge is -2.22. The fourth-order valence-corrected chi connectivity index (χ4v) is 5.35. The Morgan fingerprint density at radius 2 is 1.93 bits per heavy atom. The van der Waals surface area contributed by atoms with Gasteiger partial charge in [0.2, 0.25) is 0 Å². The molecular weight excluding hydrogens is 571 g/mol. The zero-order valence-electron chi connectivity index (χ0n) is 23.2. The van der Waals surface area contributed by atoms with Crippen LogP contribution in [-0.4, -0.2) is 49.1 Å². The molecule has 1 aliphatic heterocycles. The molecule has 1 aromatic heterocycles. The minimum atomic E-state index is -4.59. The molecular formula is C31H29F5N4O3. The van der Waals surface area contributed by atoms with Crippen molar-refractivity contribution in [2.24, 2.45) is 5.92 Å². The van der Waals surface area contributed by atoms with Gasteiger partial charge in [0, 0.05) is 53.7 Å². The van der Waals surface area contributed by atoms with Crippen LogP contribution in [0.4, 0.5) is 22.0 Å². The van der Waals surface area contributed by atoms with E-state index < -0.39 is 42.2 Å². The molecule has 6 rings (SSSR count). The van der Waals surface area contributed by atoms with Gasteiger partial charge in [0.15, 0.2) is 11.6 Å². The number of hydrogen-bond donors (Lipinski definition) is 3. The van der Waals surface area contributed by atoms with Gasteiger partial charge in [0.25, 0.3) is 5.91 Å². The van der Waals surface area contributed by atoms with Crippen LogP contribution in [0.1, 0.15) is 48.8 Å². The molecule has 3 N–H and O–H groups in total. The van der Waals surface area contributed by atoms with Gasteiger partial charge in [-0.3, -0.25) is 10.2 Å². The highest BCUT2D eigenvalue weighted by molar-refractivity contribution is 6.15. The number of benzene rings is 1. The van der Waals surface area contributed by atoms with Gasteiger partial charge in [0.1, 0.15) is 35.4 Å². The number of rotatable bonds is 9. The van der Waals surface area contributed by atoms with Crippen molar-refractivity contribution in [1.82, 2.24) is 15.6 Å². The maximum atomic E-state index is 14.2. The van der Waals surface area contributed by atoms with Crippen LogP contribution in [0.3, 0.4) is 0 Å². The first-order chi connectivity index (χ1) is 20.5. The van der Waals surface area contributed by atoms with Crippen LogP contribution in [0.5, 0.6) is 5.75 Å². The summed E-state index contributed by atoms with van der Waals surface area (Å²) in [6, 6.07) is 4.40. The van der Waals surface area contributed by atoms with E-state index in [4.69, 9.17) is 14.9 Å². The number of carbonyl (C=O) groups excluding carboxylic acids is 1. The van der Waals surface area contributed by atoms with Gasteiger partial charge in [0.05, 0.1) is 6.10 Å². The maximum absolute atomic E-state index is 14.2. The molecule has 0 radical (unpaired) electrons. The van der Waals surface area contributed by atoms with E-state index in [2.05, 4.69) is 15.6 Å². The van der Waals surface area contributed by atoms with Gasteiger partial charge < -0.3 is 20.1 Å². The molecule has 2 atom stereocenters. The molecule has 2 saturated carbocycles. The predicted molar refractivity (Wildman–Crippen MR) is 147 cm³/mol. The number of nitrogens with zero attached hydrogens (tertiary/aromatic N) is 1. The molecule has 0 spiro atoms. The van der Waals surface area contributed by atoms with Crippen LogP contribution in [-0.2, 0) is 9.53 Å². The monoisotopic (exact) mass is 600 g/mol. The summed E-state index contributed by atoms with van der Waals surface area (Å²) in [6.45, 7) is -0.564. The van der Waals surface area contributed by atoms with E-state index in [0.717, 1.165) is 37.8 Å². The average molecular weight is 601 g/mol. The lowest BCUT2D eigenvalue weighted by atomic mass is 9.92. The van der Waals surface area contributed by atoms with Crippen molar-refractivity contribution in [3.63, 3.8) is 0 Å². The summed E-state index contributed by atoms with van der Waals surface area (Å²) >= 11 is 0. The van der Waals surface area contributed by atoms with Gasteiger partial charge in [-0.2, -0.15) is 13.2 Å². The fraction of sp³-hybridized carbons (Fsp3) is 0.387. The summed E-state index contributed by atoms with van der Waals surface area (Å²) < 4.78 is 81.0. The molecule has 0 bridgehead atoms. The summed E-state index contributed by atoms with van der Waals surface area (Å²) in [6.07, 6.45) is 3.47. The molecule has 7 nitrogen and oxygen atoms in total. The minimum absolute atomic E-state index is 0.00438. The minimum Gasteiger partial charge on any atom is -0.490 e. The number of carbonyl (C=O) groups is 1. The van der Waals surface area contributed by atoms with Crippen LogP contribution < -0.4 is 15.4 Å². The summed E-state index contributed by atoms with van der Waals surface area (Å²) in [5, 5.41) is 14.2. The highest BCUT2D eigenvalue weighted by atomic mass is 19.4. The third-order valence-electron chi connectivity index (χ3n) is 7.95. The number of aromatic nitrogens is 1. The number of allylic oxidation sites excluding steroid dienone is 2. The van der Waals surface area contributed by atoms with Crippen LogP contribution in [0.15, 0.2) is 59.5 Å². The van der Waals surface area contributed by atoms with Crippen molar-refractivity contribution in [2.45, 2.75) is 49.8 Å². The van der Waals surface area contributed by atoms with Gasteiger partial charge in [-0.15, -0.1) is 0 Å². The number of fused-ring (bicyclic) bond motifs is 1. The molecule has 1 aromatic carbocycles. The van der Waals surface area contributed by atoms with Gasteiger partial charge in [-0.25, -0.2) is 13.8 Å². The number of pyridine rings is 1. The van der Waals surface area contributed by atoms with Crippen molar-refractivity contribution in [3.8, 4) is 17.0 Å². The van der Waals surface area contributed by atoms with Crippen LogP contribution in [0.25, 0.3) is 11.3 Å². The first-order valence-corrected chi connectivity index (χ1v) is 14.1. The molecule has 1 unspecified atom stereocenters. The molecule has 2 heterocycles. The van der Waals surface area contributed by atoms with Gasteiger partial charge in [-0.05, 0) is 68.0 Å². The first kappa shape index (κ1) is 28.9. The normalized spacial score (nSPS) is 21.5. The third kappa shape index (κ3) is 6.00. The number of ether oxygens (including phenoxy) is 2. The Morgan fingerprint density at radius 3 is 2.58 bits per heavy atom. The number of hydrogen-bond acceptors (Lipinski definition) is 6. The zero-order chi connectivity index (χ0) is 30.5. The van der Waals surface area contributed by atoms with Crippen LogP contribution in [0, 0.1) is 23.0 Å². The fourth-order valence-electron chi connectivity index (χ4n) is 5.35. The lowest BCUT2D eigenvalue weighted by Crippen LogP contribution is -2.32. The van der Waals surface area contributed by atoms with E-state index in [9.17, 15) is 26.7 Å². The van der Waals surface area contributed by atoms with Crippen molar-refractivity contribution < 1.29 is 36.2 Å². The SMILES string of the molecule is CN/C=C1/C=C(C(=O)NC[C@H](c2cc3c(c(-c4ccc(F)c(F)c4)n2)OCC3C(F)(F)F)C2CC2)C=C(OC2CC2)C1=N. The summed E-state index contributed by atoms with van der Waals surface area (Å²) in [7, 11) is 1.68. The second-order valence-corrected chi connectivity index (χ2v) is 11.2. The molecule has 2 fully saturated rings. The Bertz CT molecular complexity index is 1570. The van der Waals surface area contributed by atoms with E-state index in [1.807, 2.05) is 0 Å². The van der Waals surface area contributed by atoms with Crippen LogP contribution in [0.2, 0.25) is 0 Å². The first-order valence-electron chi connectivity index (χ1n) is 14.1. The van der Waals surface area contributed by atoms with E-state index in [0.29, 0.717) is 17.0 Å². The van der Waals surface area contributed by atoms with E-state index in [1.165, 1.54) is 18.2 Å². The zero-order valence-corrected chi connectivity index (χ0v) is 23.2. The molecule has 226 valence electrons. The van der Waals surface area contributed by atoms with E-state index in [1.54, 1.807) is 19.3 Å². The molecule has 12 heteroatoms. The highest BCUT2D eigenvalue weighted by Gasteiger charge is 2.48. The number of nitrogens with one attached hydrogen (secondary N) is 3. The lowest BCUT2D eigenvalue weighted by molar-refractivity contribution is -0.151. The highest BCUT2D eigenvalue weighted by Crippen LogP contribution is 2.50.